The molecule has 0 aliphatic carbocycles. The van der Waals surface area contributed by atoms with Gasteiger partial charge in [-0.15, -0.1) is 0 Å². The van der Waals surface area contributed by atoms with Crippen molar-refractivity contribution in [1.29, 1.82) is 0 Å². The largest absolute Gasteiger partial charge is 0.462 e. The zero-order valence-corrected chi connectivity index (χ0v) is 36.7. The predicted octanol–water partition coefficient (Wildman–Crippen LogP) is 15.1. The van der Waals surface area contributed by atoms with Crippen LogP contribution in [0.4, 0.5) is 0 Å². The maximum atomic E-state index is 12.7. The molecule has 0 radical (unpaired) electrons. The summed E-state index contributed by atoms with van der Waals surface area (Å²) < 4.78 is 16.7. The van der Waals surface area contributed by atoms with Crippen molar-refractivity contribution in [1.82, 2.24) is 0 Å². The topological polar surface area (TPSA) is 78.9 Å². The minimum Gasteiger partial charge on any atom is -0.462 e. The molecule has 0 aromatic heterocycles. The van der Waals surface area contributed by atoms with Crippen LogP contribution >= 0.6 is 0 Å². The molecule has 0 unspecified atom stereocenters. The van der Waals surface area contributed by atoms with Gasteiger partial charge in [-0.3, -0.25) is 14.4 Å². The Balaban J connectivity index is 4.23. The van der Waals surface area contributed by atoms with Gasteiger partial charge in [-0.1, -0.05) is 227 Å². The molecule has 0 spiro atoms. The smallest absolute Gasteiger partial charge is 0.306 e. The van der Waals surface area contributed by atoms with Gasteiger partial charge in [-0.2, -0.15) is 0 Å². The number of esters is 3. The van der Waals surface area contributed by atoms with E-state index in [1.54, 1.807) is 0 Å². The molecule has 6 heteroatoms. The Morgan fingerprint density at radius 1 is 0.352 bits per heavy atom. The van der Waals surface area contributed by atoms with Crippen molar-refractivity contribution in [3.8, 4) is 0 Å². The monoisotopic (exact) mass is 765 g/mol. The molecular weight excluding hydrogens is 673 g/mol. The van der Waals surface area contributed by atoms with Gasteiger partial charge in [-0.05, 0) is 25.2 Å². The molecule has 0 aliphatic heterocycles. The fraction of sp³-hybridized carbons (Fsp3) is 0.938. The molecule has 0 aromatic carbocycles. The van der Waals surface area contributed by atoms with Crippen molar-refractivity contribution in [2.24, 2.45) is 5.92 Å². The second-order valence-electron chi connectivity index (χ2n) is 16.9. The first-order chi connectivity index (χ1) is 26.4. The van der Waals surface area contributed by atoms with Crippen LogP contribution in [0.15, 0.2) is 0 Å². The van der Waals surface area contributed by atoms with Gasteiger partial charge in [0.1, 0.15) is 13.2 Å². The number of hydrogen-bond donors (Lipinski definition) is 0. The van der Waals surface area contributed by atoms with E-state index in [4.69, 9.17) is 14.2 Å². The fourth-order valence-electron chi connectivity index (χ4n) is 7.16. The number of ether oxygens (including phenoxy) is 3. The summed E-state index contributed by atoms with van der Waals surface area (Å²) in [5.74, 6) is -0.0986. The summed E-state index contributed by atoms with van der Waals surface area (Å²) in [5, 5.41) is 0. The van der Waals surface area contributed by atoms with E-state index in [-0.39, 0.29) is 31.1 Å². The fourth-order valence-corrected chi connectivity index (χ4v) is 7.16. The minimum absolute atomic E-state index is 0.0646. The highest BCUT2D eigenvalue weighted by molar-refractivity contribution is 5.71. The summed E-state index contributed by atoms with van der Waals surface area (Å²) in [6.07, 6.45) is 42.5. The van der Waals surface area contributed by atoms with Crippen molar-refractivity contribution in [2.75, 3.05) is 13.2 Å². The lowest BCUT2D eigenvalue weighted by molar-refractivity contribution is -0.167. The maximum absolute atomic E-state index is 12.7. The SMILES string of the molecule is CCCCCCCCCCCCCCCCCCCC(=O)OC[C@H](COC(=O)CCCCCCCCCCCC)OC(=O)CCCCCCCCC(C)C. The van der Waals surface area contributed by atoms with Gasteiger partial charge in [0.2, 0.25) is 0 Å². The van der Waals surface area contributed by atoms with E-state index < -0.39 is 6.10 Å². The quantitative estimate of drug-likeness (QED) is 0.0349. The van der Waals surface area contributed by atoms with Crippen LogP contribution in [0.5, 0.6) is 0 Å². The van der Waals surface area contributed by atoms with Crippen molar-refractivity contribution in [3.05, 3.63) is 0 Å². The van der Waals surface area contributed by atoms with Crippen molar-refractivity contribution in [2.45, 2.75) is 271 Å². The van der Waals surface area contributed by atoms with Gasteiger partial charge >= 0.3 is 17.9 Å². The lowest BCUT2D eigenvalue weighted by Gasteiger charge is -2.18. The summed E-state index contributed by atoms with van der Waals surface area (Å²) in [6.45, 7) is 8.93. The van der Waals surface area contributed by atoms with Gasteiger partial charge in [0.05, 0.1) is 0 Å². The molecule has 6 nitrogen and oxygen atoms in total. The molecule has 0 saturated heterocycles. The molecule has 0 N–H and O–H groups in total. The van der Waals surface area contributed by atoms with Gasteiger partial charge in [0.25, 0.3) is 0 Å². The summed E-state index contributed by atoms with van der Waals surface area (Å²) in [7, 11) is 0. The maximum Gasteiger partial charge on any atom is 0.306 e. The second kappa shape index (κ2) is 42.6. The molecular formula is C48H92O6. The molecule has 54 heavy (non-hydrogen) atoms. The minimum atomic E-state index is -0.760. The van der Waals surface area contributed by atoms with Crippen LogP contribution in [0.3, 0.4) is 0 Å². The van der Waals surface area contributed by atoms with Crippen LogP contribution in [0, 0.1) is 5.92 Å². The predicted molar refractivity (Wildman–Crippen MR) is 229 cm³/mol. The Labute approximate surface area is 336 Å². The molecule has 0 fully saturated rings. The number of unbranched alkanes of at least 4 members (excludes halogenated alkanes) is 30. The molecule has 0 amide bonds. The third-order valence-corrected chi connectivity index (χ3v) is 10.8. The summed E-state index contributed by atoms with van der Waals surface area (Å²) in [5.41, 5.74) is 0. The van der Waals surface area contributed by atoms with Gasteiger partial charge in [-0.25, -0.2) is 0 Å². The van der Waals surface area contributed by atoms with Crippen LogP contribution in [0.25, 0.3) is 0 Å². The zero-order chi connectivity index (χ0) is 39.6. The lowest BCUT2D eigenvalue weighted by atomic mass is 10.0. The molecule has 0 saturated carbocycles. The van der Waals surface area contributed by atoms with Gasteiger partial charge in [0, 0.05) is 19.3 Å². The van der Waals surface area contributed by atoms with Crippen molar-refractivity contribution in [3.63, 3.8) is 0 Å². The highest BCUT2D eigenvalue weighted by Crippen LogP contribution is 2.16. The second-order valence-corrected chi connectivity index (χ2v) is 16.9. The van der Waals surface area contributed by atoms with E-state index in [1.807, 2.05) is 0 Å². The lowest BCUT2D eigenvalue weighted by Crippen LogP contribution is -2.30. The standard InChI is InChI=1S/C48H92O6/c1-5-7-9-11-13-15-17-18-19-20-21-22-23-25-27-32-36-40-47(50)53-43-45(54-48(51)41-37-33-29-28-30-34-38-44(3)4)42-52-46(49)39-35-31-26-24-16-14-12-10-8-6-2/h44-45H,5-43H2,1-4H3/t45-/m0/s1. The number of rotatable bonds is 43. The first kappa shape index (κ1) is 52.4. The molecule has 0 bridgehead atoms. The highest BCUT2D eigenvalue weighted by atomic mass is 16.6. The average molecular weight is 765 g/mol. The van der Waals surface area contributed by atoms with E-state index in [9.17, 15) is 14.4 Å². The van der Waals surface area contributed by atoms with Crippen molar-refractivity contribution >= 4 is 17.9 Å². The zero-order valence-electron chi connectivity index (χ0n) is 36.7. The molecule has 0 aromatic rings. The third kappa shape index (κ3) is 41.6. The van der Waals surface area contributed by atoms with Crippen molar-refractivity contribution < 1.29 is 28.6 Å². The Kier molecular flexibility index (Phi) is 41.3. The van der Waals surface area contributed by atoms with E-state index in [2.05, 4.69) is 27.7 Å². The average Bonchev–Trinajstić information content (AvgIpc) is 3.15. The first-order valence-corrected chi connectivity index (χ1v) is 23.9. The summed E-state index contributed by atoms with van der Waals surface area (Å²) >= 11 is 0. The van der Waals surface area contributed by atoms with Crippen LogP contribution in [0.1, 0.15) is 265 Å². The summed E-state index contributed by atoms with van der Waals surface area (Å²) in [4.78, 5) is 37.7. The molecule has 0 heterocycles. The Hall–Kier alpha value is -1.59. The van der Waals surface area contributed by atoms with Crippen LogP contribution < -0.4 is 0 Å². The van der Waals surface area contributed by atoms with Crippen LogP contribution in [-0.4, -0.2) is 37.2 Å². The number of hydrogen-bond acceptors (Lipinski definition) is 6. The Bertz CT molecular complexity index is 811. The molecule has 0 rings (SSSR count). The Morgan fingerprint density at radius 3 is 0.907 bits per heavy atom. The normalized spacial score (nSPS) is 11.9. The summed E-state index contributed by atoms with van der Waals surface area (Å²) in [6, 6.07) is 0. The van der Waals surface area contributed by atoms with Gasteiger partial charge < -0.3 is 14.2 Å². The molecule has 0 aliphatic rings. The van der Waals surface area contributed by atoms with Gasteiger partial charge in [0.15, 0.2) is 6.10 Å². The molecule has 320 valence electrons. The third-order valence-electron chi connectivity index (χ3n) is 10.8. The van der Waals surface area contributed by atoms with E-state index in [0.717, 1.165) is 63.7 Å². The first-order valence-electron chi connectivity index (χ1n) is 23.9. The van der Waals surface area contributed by atoms with E-state index in [1.165, 1.54) is 161 Å². The van der Waals surface area contributed by atoms with E-state index >= 15 is 0 Å². The number of carbonyl (C=O) groups is 3. The van der Waals surface area contributed by atoms with Crippen LogP contribution in [-0.2, 0) is 28.6 Å². The molecule has 1 atom stereocenters. The number of carbonyl (C=O) groups excluding carboxylic acids is 3. The highest BCUT2D eigenvalue weighted by Gasteiger charge is 2.19. The van der Waals surface area contributed by atoms with E-state index in [0.29, 0.717) is 19.3 Å². The Morgan fingerprint density at radius 2 is 0.611 bits per heavy atom. The van der Waals surface area contributed by atoms with Crippen LogP contribution in [0.2, 0.25) is 0 Å².